The summed E-state index contributed by atoms with van der Waals surface area (Å²) in [6.07, 6.45) is 11.0. The smallest absolute Gasteiger partial charge is 0.410 e. The van der Waals surface area contributed by atoms with Crippen LogP contribution in [0.15, 0.2) is 53.8 Å². The van der Waals surface area contributed by atoms with Crippen LogP contribution in [0.25, 0.3) is 0 Å². The van der Waals surface area contributed by atoms with E-state index in [9.17, 15) is 39.3 Å². The van der Waals surface area contributed by atoms with Crippen LogP contribution in [0.1, 0.15) is 137 Å². The molecule has 492 valence electrons. The maximum Gasteiger partial charge on any atom is 0.410 e. The van der Waals surface area contributed by atoms with Crippen molar-refractivity contribution in [3.8, 4) is 0 Å². The maximum absolute atomic E-state index is 14.8. The van der Waals surface area contributed by atoms with Crippen molar-refractivity contribution in [2.24, 2.45) is 35.3 Å². The molecule has 1 saturated carbocycles. The number of piperidine rings is 1. The third-order valence-electron chi connectivity index (χ3n) is 19.3. The Morgan fingerprint density at radius 3 is 2.30 bits per heavy atom. The number of carbonyl (C=O) groups is 5. The zero-order chi connectivity index (χ0) is 63.8. The van der Waals surface area contributed by atoms with Gasteiger partial charge >= 0.3 is 12.1 Å². The van der Waals surface area contributed by atoms with E-state index in [4.69, 9.17) is 48.9 Å². The summed E-state index contributed by atoms with van der Waals surface area (Å²) in [6, 6.07) is -1.99. The van der Waals surface area contributed by atoms with Crippen LogP contribution in [0.2, 0.25) is 0 Å². The Labute approximate surface area is 521 Å². The topological polar surface area (TPSA) is 275 Å². The van der Waals surface area contributed by atoms with Crippen LogP contribution in [0.3, 0.4) is 0 Å². The normalized spacial score (nSPS) is 35.8. The number of piperazine rings is 1. The van der Waals surface area contributed by atoms with Crippen LogP contribution in [0.5, 0.6) is 0 Å². The van der Waals surface area contributed by atoms with E-state index in [2.05, 4.69) is 9.80 Å². The molecule has 2 amide bonds. The van der Waals surface area contributed by atoms with E-state index in [1.807, 2.05) is 64.3 Å². The number of esters is 1. The second kappa shape index (κ2) is 33.3. The molecule has 7 rings (SSSR count). The van der Waals surface area contributed by atoms with Gasteiger partial charge in [-0.05, 0) is 108 Å². The Bertz CT molecular complexity index is 2610. The van der Waals surface area contributed by atoms with Crippen LogP contribution in [0, 0.1) is 29.6 Å². The summed E-state index contributed by atoms with van der Waals surface area (Å²) in [6.45, 7) is 19.4. The van der Waals surface area contributed by atoms with Gasteiger partial charge in [-0.25, -0.2) is 19.6 Å². The van der Waals surface area contributed by atoms with Gasteiger partial charge < -0.3 is 68.9 Å². The van der Waals surface area contributed by atoms with Gasteiger partial charge in [0.15, 0.2) is 5.78 Å². The summed E-state index contributed by atoms with van der Waals surface area (Å²) in [5.41, 5.74) is 10.2. The lowest BCUT2D eigenvalue weighted by Crippen LogP contribution is -2.61. The third kappa shape index (κ3) is 18.4. The molecular formula is C66H103N7O15. The third-order valence-corrected chi connectivity index (χ3v) is 19.3. The van der Waals surface area contributed by atoms with Crippen molar-refractivity contribution in [1.82, 2.24) is 24.7 Å². The highest BCUT2D eigenvalue weighted by molar-refractivity contribution is 6.39. The quantitative estimate of drug-likeness (QED) is 0.0831. The SMILES string of the molecule is CCOCCN1CCN(c2ncc3c(n2)CCN(C(=O)O[C@@H]2CC[C@@H](C[C@@H](N)[C@@H]4C[C@@H](OC)[C@H](C)/C=C(\C)[C@@H](O)[C@@H](O)C(=O)[C@H](C)C[C@H](C)/C=C/C=C/C=C(\C)[C@@H](OC)C[C@@H]5CC[C@@H](C)[C@@](O)(O5)C(=O)C(=O)N5CCCC[C@H]5C(=O)O4)C[C@H]2OC)C3)CC1. The lowest BCUT2D eigenvalue weighted by molar-refractivity contribution is -0.265. The number of aliphatic hydroxyl groups excluding tert-OH is 2. The van der Waals surface area contributed by atoms with E-state index in [0.29, 0.717) is 102 Å². The van der Waals surface area contributed by atoms with Crippen molar-refractivity contribution in [2.45, 2.75) is 205 Å². The molecule has 22 nitrogen and oxygen atoms in total. The molecule has 0 unspecified atom stereocenters. The van der Waals surface area contributed by atoms with Crippen molar-refractivity contribution in [1.29, 1.82) is 0 Å². The molecule has 22 heteroatoms. The van der Waals surface area contributed by atoms with Gasteiger partial charge in [0.25, 0.3) is 11.7 Å². The number of fused-ring (bicyclic) bond motifs is 4. The average molecular weight is 1230 g/mol. The number of amides is 2. The molecule has 16 atom stereocenters. The van der Waals surface area contributed by atoms with E-state index < -0.39 is 114 Å². The molecule has 0 spiro atoms. The molecule has 1 aromatic rings. The molecule has 4 fully saturated rings. The number of aromatic nitrogens is 2. The van der Waals surface area contributed by atoms with Crippen molar-refractivity contribution in [2.75, 3.05) is 85.3 Å². The van der Waals surface area contributed by atoms with Crippen LogP contribution >= 0.6 is 0 Å². The highest BCUT2D eigenvalue weighted by Gasteiger charge is 2.53. The standard InChI is InChI=1S/C66H103N7O15/c1-11-85-32-31-70-27-29-71(30-28-70)64-68-39-48-40-72(26-24-51(48)69-64)65(80)87-53-23-21-47(36-57(53)84-10)35-50(67)56-38-55(83-9)43(4)34-45(6)59(75)60(76)58(74)44(5)33-41(2)17-13-12-14-18-42(3)54(82-8)37-49-22-20-46(7)66(81,88-49)61(77)62(78)73-25-16-15-19-52(73)63(79)86-56/h12-14,17-18,34,39,41,43-44,46-47,49-50,52-57,59-60,75-76,81H,11,15-16,19-33,35-38,40,67H2,1-10H3/b14-12+,17-13+,42-18+,45-34+/t41-,43-,44-,46-,47+,49+,50-,52+,53-,54+,55-,56+,57-,59-,60+,66-/m1/s1. The monoisotopic (exact) mass is 1230 g/mol. The average Bonchev–Trinajstić information content (AvgIpc) is 2.24. The number of ether oxygens (including phenoxy) is 7. The summed E-state index contributed by atoms with van der Waals surface area (Å²) in [4.78, 5) is 88.4. The second-order valence-corrected chi connectivity index (χ2v) is 25.7. The fourth-order valence-corrected chi connectivity index (χ4v) is 13.6. The Morgan fingerprint density at radius 2 is 1.58 bits per heavy atom. The predicted octanol–water partition coefficient (Wildman–Crippen LogP) is 5.81. The van der Waals surface area contributed by atoms with Gasteiger partial charge in [-0.15, -0.1) is 0 Å². The Kier molecular flexibility index (Phi) is 26.7. The summed E-state index contributed by atoms with van der Waals surface area (Å²) in [7, 11) is 4.67. The number of allylic oxidation sites excluding steroid dienone is 5. The summed E-state index contributed by atoms with van der Waals surface area (Å²) < 4.78 is 42.4. The van der Waals surface area contributed by atoms with E-state index in [-0.39, 0.29) is 31.2 Å². The number of carbonyl (C=O) groups excluding carboxylic acids is 5. The number of hydrogen-bond donors (Lipinski definition) is 4. The Balaban J connectivity index is 1.07. The minimum absolute atomic E-state index is 0.0421. The second-order valence-electron chi connectivity index (χ2n) is 25.7. The van der Waals surface area contributed by atoms with Gasteiger partial charge in [0, 0.05) is 129 Å². The number of aliphatic hydroxyl groups is 3. The van der Waals surface area contributed by atoms with Crippen LogP contribution in [-0.2, 0) is 65.3 Å². The van der Waals surface area contributed by atoms with Crippen molar-refractivity contribution in [3.63, 3.8) is 0 Å². The molecule has 1 aliphatic carbocycles. The van der Waals surface area contributed by atoms with Gasteiger partial charge in [-0.1, -0.05) is 64.2 Å². The predicted molar refractivity (Wildman–Crippen MR) is 331 cm³/mol. The molecule has 88 heavy (non-hydrogen) atoms. The van der Waals surface area contributed by atoms with Crippen molar-refractivity contribution >= 4 is 35.5 Å². The van der Waals surface area contributed by atoms with Crippen molar-refractivity contribution in [3.05, 3.63) is 65.1 Å². The molecule has 5 N–H and O–H groups in total. The zero-order valence-electron chi connectivity index (χ0n) is 54.0. The van der Waals surface area contributed by atoms with Gasteiger partial charge in [0.1, 0.15) is 30.5 Å². The number of anilines is 1. The number of rotatable bonds is 12. The number of hydrogen-bond acceptors (Lipinski definition) is 20. The number of Topliss-reactive ketones (excluding diaryl/α,β-unsaturated/α-hetero) is 2. The molecule has 2 bridgehead atoms. The van der Waals surface area contributed by atoms with E-state index >= 15 is 0 Å². The Morgan fingerprint density at radius 1 is 0.830 bits per heavy atom. The number of ketones is 2. The largest absolute Gasteiger partial charge is 0.459 e. The fraction of sp³-hybridized carbons (Fsp3) is 0.742. The minimum Gasteiger partial charge on any atom is -0.459 e. The first-order chi connectivity index (χ1) is 42.1. The number of methoxy groups -OCH3 is 3. The Hall–Kier alpha value is -5.01. The van der Waals surface area contributed by atoms with E-state index in [0.717, 1.165) is 56.2 Å². The van der Waals surface area contributed by atoms with Gasteiger partial charge in [-0.2, -0.15) is 0 Å². The summed E-state index contributed by atoms with van der Waals surface area (Å²) in [5.74, 6) is -7.10. The first-order valence-electron chi connectivity index (χ1n) is 32.3. The first kappa shape index (κ1) is 70.4. The van der Waals surface area contributed by atoms with E-state index in [1.54, 1.807) is 46.0 Å². The fourth-order valence-electron chi connectivity index (χ4n) is 13.6. The molecule has 1 aromatic heterocycles. The van der Waals surface area contributed by atoms with Gasteiger partial charge in [0.05, 0.1) is 43.3 Å². The number of nitrogens with zero attached hydrogens (tertiary/aromatic N) is 6. The molecular weight excluding hydrogens is 1130 g/mol. The maximum atomic E-state index is 14.8. The molecule has 0 radical (unpaired) electrons. The van der Waals surface area contributed by atoms with Crippen LogP contribution in [-0.4, -0.2) is 217 Å². The zero-order valence-corrected chi connectivity index (χ0v) is 54.0. The lowest BCUT2D eigenvalue weighted by atomic mass is 9.80. The molecule has 5 aliphatic heterocycles. The molecule has 3 saturated heterocycles. The number of cyclic esters (lactones) is 1. The molecule has 6 aliphatic rings. The number of nitrogens with two attached hydrogens (primary N) is 1. The summed E-state index contributed by atoms with van der Waals surface area (Å²) >= 11 is 0. The first-order valence-corrected chi connectivity index (χ1v) is 32.3. The highest BCUT2D eigenvalue weighted by Crippen LogP contribution is 2.38. The lowest BCUT2D eigenvalue weighted by Gasteiger charge is -2.43. The van der Waals surface area contributed by atoms with Crippen molar-refractivity contribution < 1.29 is 72.5 Å². The van der Waals surface area contributed by atoms with Crippen LogP contribution < -0.4 is 10.6 Å². The minimum atomic E-state index is -2.46. The van der Waals surface area contributed by atoms with Gasteiger partial charge in [0.2, 0.25) is 11.7 Å². The molecule has 0 aromatic carbocycles. The van der Waals surface area contributed by atoms with Gasteiger partial charge in [-0.3, -0.25) is 19.3 Å². The molecule has 6 heterocycles. The van der Waals surface area contributed by atoms with E-state index in [1.165, 1.54) is 12.0 Å². The van der Waals surface area contributed by atoms with Crippen LogP contribution in [0.4, 0.5) is 10.7 Å². The summed E-state index contributed by atoms with van der Waals surface area (Å²) in [5, 5.41) is 34.8. The highest BCUT2D eigenvalue weighted by atomic mass is 16.6.